The molecule has 0 unspecified atom stereocenters. The highest BCUT2D eigenvalue weighted by molar-refractivity contribution is 7.92. The van der Waals surface area contributed by atoms with Gasteiger partial charge in [-0.2, -0.15) is 0 Å². The number of benzene rings is 3. The van der Waals surface area contributed by atoms with Gasteiger partial charge in [-0.1, -0.05) is 48.5 Å². The number of ketones is 1. The zero-order valence-electron chi connectivity index (χ0n) is 17.8. The van der Waals surface area contributed by atoms with E-state index in [1.807, 2.05) is 18.2 Å². The zero-order valence-corrected chi connectivity index (χ0v) is 18.6. The second-order valence-corrected chi connectivity index (χ2v) is 9.79. The van der Waals surface area contributed by atoms with Gasteiger partial charge in [-0.3, -0.25) is 4.79 Å². The number of aryl methyl sites for hydroxylation is 1. The summed E-state index contributed by atoms with van der Waals surface area (Å²) in [5, 5.41) is 0. The van der Waals surface area contributed by atoms with Crippen LogP contribution >= 0.6 is 0 Å². The molecule has 2 N–H and O–H groups in total. The van der Waals surface area contributed by atoms with Crippen molar-refractivity contribution >= 4 is 21.7 Å². The highest BCUT2D eigenvalue weighted by Crippen LogP contribution is 2.32. The third-order valence-electron chi connectivity index (χ3n) is 5.46. The van der Waals surface area contributed by atoms with Crippen molar-refractivity contribution in [3.05, 3.63) is 83.9 Å². The van der Waals surface area contributed by atoms with E-state index in [0.717, 1.165) is 28.9 Å². The summed E-state index contributed by atoms with van der Waals surface area (Å²) in [6, 6.07) is 20.7. The number of primary amides is 1. The van der Waals surface area contributed by atoms with E-state index in [-0.39, 0.29) is 17.6 Å². The number of nitrogens with two attached hydrogens (primary N) is 1. The Labute approximate surface area is 192 Å². The van der Waals surface area contributed by atoms with Gasteiger partial charge in [0, 0.05) is 5.56 Å². The molecule has 0 aromatic heterocycles. The number of fused-ring (bicyclic) bond motifs is 1. The number of amides is 1. The van der Waals surface area contributed by atoms with E-state index in [9.17, 15) is 18.0 Å². The molecule has 1 heterocycles. The van der Waals surface area contributed by atoms with Gasteiger partial charge in [0.1, 0.15) is 24.2 Å². The van der Waals surface area contributed by atoms with Gasteiger partial charge in [0.15, 0.2) is 15.6 Å². The lowest BCUT2D eigenvalue weighted by Crippen LogP contribution is -2.30. The molecule has 3 aromatic carbocycles. The van der Waals surface area contributed by atoms with Crippen LogP contribution in [0, 0.1) is 0 Å². The molecule has 170 valence electrons. The molecule has 8 heteroatoms. The summed E-state index contributed by atoms with van der Waals surface area (Å²) in [6.07, 6.45) is 0.421. The lowest BCUT2D eigenvalue weighted by Gasteiger charge is -2.26. The second-order valence-electron chi connectivity index (χ2n) is 7.80. The van der Waals surface area contributed by atoms with Crippen LogP contribution in [0.4, 0.5) is 4.79 Å². The molecule has 0 fully saturated rings. The van der Waals surface area contributed by atoms with Crippen LogP contribution in [0.15, 0.2) is 77.7 Å². The number of carbonyl (C=O) groups is 2. The fraction of sp³-hybridized carbons (Fsp3) is 0.200. The predicted octanol–water partition coefficient (Wildman–Crippen LogP) is 3.80. The Balaban J connectivity index is 1.44. The van der Waals surface area contributed by atoms with Gasteiger partial charge >= 0.3 is 6.09 Å². The van der Waals surface area contributed by atoms with Crippen molar-refractivity contribution in [3.8, 4) is 16.9 Å². The number of hydrogen-bond donors (Lipinski definition) is 1. The first kappa shape index (κ1) is 22.5. The summed E-state index contributed by atoms with van der Waals surface area (Å²) in [5.74, 6) is -0.290. The van der Waals surface area contributed by atoms with Crippen LogP contribution in [0.1, 0.15) is 22.3 Å². The Kier molecular flexibility index (Phi) is 6.46. The standard InChI is InChI=1S/C25H23NO6S/c26-25(28)31-15-21-12-10-20-14-19(11-13-24(20)32-21)17-6-8-18(9-7-17)23(27)16-33(29,30)22-4-2-1-3-5-22/h1-9,11,13-14,21H,10,12,15-16H2,(H2,26,28)/t21-/m1/s1. The molecule has 7 nitrogen and oxygen atoms in total. The van der Waals surface area contributed by atoms with Gasteiger partial charge in [-0.05, 0) is 53.8 Å². The van der Waals surface area contributed by atoms with E-state index >= 15 is 0 Å². The number of hydrogen-bond acceptors (Lipinski definition) is 6. The molecule has 0 bridgehead atoms. The molecule has 0 aliphatic carbocycles. The monoisotopic (exact) mass is 465 g/mol. The summed E-state index contributed by atoms with van der Waals surface area (Å²) >= 11 is 0. The molecule has 3 aromatic rings. The zero-order chi connectivity index (χ0) is 23.4. The van der Waals surface area contributed by atoms with Crippen LogP contribution in [-0.2, 0) is 21.0 Å². The highest BCUT2D eigenvalue weighted by Gasteiger charge is 2.22. The molecule has 1 atom stereocenters. The van der Waals surface area contributed by atoms with Gasteiger partial charge in [0.25, 0.3) is 0 Å². The maximum Gasteiger partial charge on any atom is 0.404 e. The van der Waals surface area contributed by atoms with Gasteiger partial charge in [0.2, 0.25) is 0 Å². The van der Waals surface area contributed by atoms with Crippen LogP contribution in [0.5, 0.6) is 5.75 Å². The number of sulfone groups is 1. The Hall–Kier alpha value is -3.65. The first-order chi connectivity index (χ1) is 15.8. The number of rotatable bonds is 7. The Morgan fingerprint density at radius 1 is 0.970 bits per heavy atom. The van der Waals surface area contributed by atoms with Gasteiger partial charge in [-0.15, -0.1) is 0 Å². The summed E-state index contributed by atoms with van der Waals surface area (Å²) in [4.78, 5) is 23.5. The van der Waals surface area contributed by atoms with E-state index in [1.165, 1.54) is 12.1 Å². The molecule has 33 heavy (non-hydrogen) atoms. The Bertz CT molecular complexity index is 1270. The molecule has 4 rings (SSSR count). The van der Waals surface area contributed by atoms with Crippen molar-refractivity contribution in [1.82, 2.24) is 0 Å². The first-order valence-electron chi connectivity index (χ1n) is 10.4. The maximum absolute atomic E-state index is 12.6. The minimum atomic E-state index is -3.69. The fourth-order valence-corrected chi connectivity index (χ4v) is 4.98. The SMILES string of the molecule is NC(=O)OC[C@H]1CCc2cc(-c3ccc(C(=O)CS(=O)(=O)c4ccccc4)cc3)ccc2O1. The van der Waals surface area contributed by atoms with E-state index < -0.39 is 27.5 Å². The summed E-state index contributed by atoms with van der Waals surface area (Å²) in [6.45, 7) is 0.117. The lowest BCUT2D eigenvalue weighted by molar-refractivity contribution is 0.0756. The quantitative estimate of drug-likeness (QED) is 0.531. The molecular formula is C25H23NO6S. The second kappa shape index (κ2) is 9.46. The average Bonchev–Trinajstić information content (AvgIpc) is 2.82. The predicted molar refractivity (Wildman–Crippen MR) is 123 cm³/mol. The van der Waals surface area contributed by atoms with Crippen molar-refractivity contribution in [2.75, 3.05) is 12.4 Å². The number of carbonyl (C=O) groups excluding carboxylic acids is 2. The van der Waals surface area contributed by atoms with E-state index in [4.69, 9.17) is 15.2 Å². The molecule has 0 spiro atoms. The van der Waals surface area contributed by atoms with Crippen molar-refractivity contribution in [3.63, 3.8) is 0 Å². The summed E-state index contributed by atoms with van der Waals surface area (Å²) < 4.78 is 35.6. The van der Waals surface area contributed by atoms with Gasteiger partial charge in [0.05, 0.1) is 4.90 Å². The number of Topliss-reactive ketones (excluding diaryl/α,β-unsaturated/α-hetero) is 1. The Morgan fingerprint density at radius 2 is 1.67 bits per heavy atom. The normalized spacial score (nSPS) is 15.2. The molecule has 0 saturated carbocycles. The molecule has 0 saturated heterocycles. The van der Waals surface area contributed by atoms with Crippen molar-refractivity contribution in [2.45, 2.75) is 23.8 Å². The number of ether oxygens (including phenoxy) is 2. The van der Waals surface area contributed by atoms with Gasteiger partial charge in [-0.25, -0.2) is 13.2 Å². The minimum Gasteiger partial charge on any atom is -0.487 e. The van der Waals surface area contributed by atoms with E-state index in [1.54, 1.807) is 42.5 Å². The molecule has 0 radical (unpaired) electrons. The Morgan fingerprint density at radius 3 is 2.36 bits per heavy atom. The van der Waals surface area contributed by atoms with Crippen LogP contribution in [0.3, 0.4) is 0 Å². The highest BCUT2D eigenvalue weighted by atomic mass is 32.2. The van der Waals surface area contributed by atoms with Crippen LogP contribution in [0.2, 0.25) is 0 Å². The molecule has 1 aliphatic rings. The third-order valence-corrected chi connectivity index (χ3v) is 7.10. The average molecular weight is 466 g/mol. The topological polar surface area (TPSA) is 113 Å². The summed E-state index contributed by atoms with van der Waals surface area (Å²) in [5.41, 5.74) is 8.25. The van der Waals surface area contributed by atoms with Gasteiger partial charge < -0.3 is 15.2 Å². The third kappa shape index (κ3) is 5.40. The fourth-order valence-electron chi connectivity index (χ4n) is 3.73. The molecule has 1 aliphatic heterocycles. The van der Waals surface area contributed by atoms with Crippen LogP contribution in [-0.4, -0.2) is 38.8 Å². The van der Waals surface area contributed by atoms with Crippen LogP contribution < -0.4 is 10.5 Å². The van der Waals surface area contributed by atoms with Crippen LogP contribution in [0.25, 0.3) is 11.1 Å². The maximum atomic E-state index is 12.6. The lowest BCUT2D eigenvalue weighted by atomic mass is 9.96. The van der Waals surface area contributed by atoms with E-state index in [0.29, 0.717) is 12.0 Å². The summed E-state index contributed by atoms with van der Waals surface area (Å²) in [7, 11) is -3.69. The molecule has 1 amide bonds. The minimum absolute atomic E-state index is 0.117. The van der Waals surface area contributed by atoms with Crippen molar-refractivity contribution in [1.29, 1.82) is 0 Å². The van der Waals surface area contributed by atoms with Crippen molar-refractivity contribution < 1.29 is 27.5 Å². The van der Waals surface area contributed by atoms with E-state index in [2.05, 4.69) is 0 Å². The first-order valence-corrected chi connectivity index (χ1v) is 12.1. The largest absolute Gasteiger partial charge is 0.487 e. The molecular weight excluding hydrogens is 442 g/mol. The van der Waals surface area contributed by atoms with Crippen molar-refractivity contribution in [2.24, 2.45) is 5.73 Å². The smallest absolute Gasteiger partial charge is 0.404 e.